The van der Waals surface area contributed by atoms with E-state index in [-0.39, 0.29) is 17.4 Å². The van der Waals surface area contributed by atoms with Crippen molar-refractivity contribution in [3.8, 4) is 0 Å². The zero-order valence-electron chi connectivity index (χ0n) is 13.2. The number of nitrogens with two attached hydrogens (primary N) is 1. The molecular weight excluding hydrogens is 280 g/mol. The Balaban J connectivity index is 2.07. The van der Waals surface area contributed by atoms with Crippen LogP contribution in [0.15, 0.2) is 30.3 Å². The standard InChI is InChI=1S/C17H26N2OS/c1-17(2)12-19(16(20)15(18)9-10-21-3)11-14(17)13-7-5-4-6-8-13/h4-8,14-15H,9-12,18H2,1-3H3/t14?,15-/m0/s1. The molecule has 1 aliphatic heterocycles. The number of nitrogens with zero attached hydrogens (tertiary/aromatic N) is 1. The van der Waals surface area contributed by atoms with Crippen LogP contribution in [0.1, 0.15) is 31.7 Å². The average molecular weight is 306 g/mol. The van der Waals surface area contributed by atoms with Crippen LogP contribution in [-0.2, 0) is 4.79 Å². The Morgan fingerprint density at radius 3 is 2.71 bits per heavy atom. The lowest BCUT2D eigenvalue weighted by atomic mass is 9.78. The van der Waals surface area contributed by atoms with Crippen molar-refractivity contribution in [3.05, 3.63) is 35.9 Å². The number of thioether (sulfide) groups is 1. The van der Waals surface area contributed by atoms with E-state index in [0.29, 0.717) is 5.92 Å². The Hall–Kier alpha value is -1.00. The van der Waals surface area contributed by atoms with Gasteiger partial charge in [0.2, 0.25) is 5.91 Å². The quantitative estimate of drug-likeness (QED) is 0.910. The van der Waals surface area contributed by atoms with Crippen LogP contribution < -0.4 is 5.73 Å². The summed E-state index contributed by atoms with van der Waals surface area (Å²) in [6.07, 6.45) is 2.80. The van der Waals surface area contributed by atoms with Gasteiger partial charge in [-0.3, -0.25) is 4.79 Å². The maximum atomic E-state index is 12.5. The Bertz CT molecular complexity index is 475. The normalized spacial score (nSPS) is 22.3. The third-order valence-electron chi connectivity index (χ3n) is 4.41. The highest BCUT2D eigenvalue weighted by atomic mass is 32.2. The van der Waals surface area contributed by atoms with E-state index in [2.05, 4.69) is 38.1 Å². The summed E-state index contributed by atoms with van der Waals surface area (Å²) in [4.78, 5) is 14.5. The fraction of sp³-hybridized carbons (Fsp3) is 0.588. The van der Waals surface area contributed by atoms with Gasteiger partial charge >= 0.3 is 0 Å². The molecule has 1 heterocycles. The van der Waals surface area contributed by atoms with Crippen LogP contribution in [0.2, 0.25) is 0 Å². The van der Waals surface area contributed by atoms with Gasteiger partial charge in [-0.2, -0.15) is 11.8 Å². The first-order chi connectivity index (χ1) is 9.95. The molecule has 1 aromatic rings. The summed E-state index contributed by atoms with van der Waals surface area (Å²) in [5, 5.41) is 0. The molecule has 0 aliphatic carbocycles. The molecule has 116 valence electrons. The summed E-state index contributed by atoms with van der Waals surface area (Å²) < 4.78 is 0. The molecule has 1 aromatic carbocycles. The van der Waals surface area contributed by atoms with E-state index in [9.17, 15) is 4.79 Å². The fourth-order valence-electron chi connectivity index (χ4n) is 3.15. The van der Waals surface area contributed by atoms with Gasteiger partial charge in [0.05, 0.1) is 6.04 Å². The Morgan fingerprint density at radius 2 is 2.10 bits per heavy atom. The van der Waals surface area contributed by atoms with Crippen molar-refractivity contribution < 1.29 is 4.79 Å². The Kier molecular flexibility index (Phi) is 5.33. The number of likely N-dealkylation sites (tertiary alicyclic amines) is 1. The second-order valence-corrected chi connectivity index (χ2v) is 7.54. The van der Waals surface area contributed by atoms with Crippen molar-refractivity contribution in [2.24, 2.45) is 11.1 Å². The molecule has 4 heteroatoms. The first kappa shape index (κ1) is 16.4. The van der Waals surface area contributed by atoms with Gasteiger partial charge in [-0.05, 0) is 29.4 Å². The number of carbonyl (C=O) groups excluding carboxylic acids is 1. The monoisotopic (exact) mass is 306 g/mol. The molecule has 0 saturated carbocycles. The molecule has 0 radical (unpaired) electrons. The number of amides is 1. The molecule has 3 nitrogen and oxygen atoms in total. The van der Waals surface area contributed by atoms with Crippen LogP contribution in [0.4, 0.5) is 0 Å². The van der Waals surface area contributed by atoms with Gasteiger partial charge in [-0.25, -0.2) is 0 Å². The summed E-state index contributed by atoms with van der Waals surface area (Å²) >= 11 is 1.74. The van der Waals surface area contributed by atoms with Crippen molar-refractivity contribution in [2.45, 2.75) is 32.2 Å². The molecular formula is C17H26N2OS. The van der Waals surface area contributed by atoms with E-state index >= 15 is 0 Å². The second-order valence-electron chi connectivity index (χ2n) is 6.56. The molecule has 1 aliphatic rings. The minimum absolute atomic E-state index is 0.0935. The van der Waals surface area contributed by atoms with E-state index in [4.69, 9.17) is 5.73 Å². The van der Waals surface area contributed by atoms with Crippen molar-refractivity contribution in [1.29, 1.82) is 0 Å². The Labute approximate surface area is 132 Å². The van der Waals surface area contributed by atoms with Crippen molar-refractivity contribution in [1.82, 2.24) is 4.90 Å². The molecule has 21 heavy (non-hydrogen) atoms. The Morgan fingerprint density at radius 1 is 1.43 bits per heavy atom. The summed E-state index contributed by atoms with van der Waals surface area (Å²) in [6, 6.07) is 10.1. The minimum Gasteiger partial charge on any atom is -0.340 e. The third kappa shape index (κ3) is 3.80. The highest BCUT2D eigenvalue weighted by Crippen LogP contribution is 2.42. The van der Waals surface area contributed by atoms with Crippen LogP contribution in [0.3, 0.4) is 0 Å². The zero-order chi connectivity index (χ0) is 15.5. The predicted molar refractivity (Wildman–Crippen MR) is 90.5 cm³/mol. The van der Waals surface area contributed by atoms with E-state index < -0.39 is 0 Å². The summed E-state index contributed by atoms with van der Waals surface area (Å²) in [5.74, 6) is 1.43. The van der Waals surface area contributed by atoms with Crippen molar-refractivity contribution in [3.63, 3.8) is 0 Å². The lowest BCUT2D eigenvalue weighted by Crippen LogP contribution is -2.43. The minimum atomic E-state index is -0.359. The van der Waals surface area contributed by atoms with Crippen LogP contribution in [0.25, 0.3) is 0 Å². The number of hydrogen-bond donors (Lipinski definition) is 1. The van der Waals surface area contributed by atoms with Crippen LogP contribution >= 0.6 is 11.8 Å². The predicted octanol–water partition coefficient (Wildman–Crippen LogP) is 2.72. The molecule has 0 bridgehead atoms. The molecule has 2 rings (SSSR count). The summed E-state index contributed by atoms with van der Waals surface area (Å²) in [7, 11) is 0. The molecule has 1 fully saturated rings. The highest BCUT2D eigenvalue weighted by molar-refractivity contribution is 7.98. The topological polar surface area (TPSA) is 46.3 Å². The van der Waals surface area contributed by atoms with Gasteiger partial charge in [0, 0.05) is 19.0 Å². The van der Waals surface area contributed by atoms with E-state index in [1.165, 1.54) is 5.56 Å². The van der Waals surface area contributed by atoms with Gasteiger partial charge in [-0.1, -0.05) is 44.2 Å². The lowest BCUT2D eigenvalue weighted by molar-refractivity contribution is -0.131. The van der Waals surface area contributed by atoms with Gasteiger partial charge < -0.3 is 10.6 Å². The van der Waals surface area contributed by atoms with Gasteiger partial charge in [0.1, 0.15) is 0 Å². The lowest BCUT2D eigenvalue weighted by Gasteiger charge is -2.25. The first-order valence-corrected chi connectivity index (χ1v) is 8.93. The van der Waals surface area contributed by atoms with Gasteiger partial charge in [0.25, 0.3) is 0 Å². The molecule has 1 unspecified atom stereocenters. The van der Waals surface area contributed by atoms with Crippen LogP contribution in [0.5, 0.6) is 0 Å². The summed E-state index contributed by atoms with van der Waals surface area (Å²) in [6.45, 7) is 6.05. The zero-order valence-corrected chi connectivity index (χ0v) is 14.0. The SMILES string of the molecule is CSCC[C@H](N)C(=O)N1CC(c2ccccc2)C(C)(C)C1. The number of benzene rings is 1. The number of carbonyl (C=O) groups is 1. The average Bonchev–Trinajstić information content (AvgIpc) is 2.80. The molecule has 0 spiro atoms. The largest absolute Gasteiger partial charge is 0.340 e. The molecule has 1 saturated heterocycles. The molecule has 1 amide bonds. The van der Waals surface area contributed by atoms with Crippen LogP contribution in [-0.4, -0.2) is 41.9 Å². The first-order valence-electron chi connectivity index (χ1n) is 7.54. The van der Waals surface area contributed by atoms with Crippen LogP contribution in [0, 0.1) is 5.41 Å². The van der Waals surface area contributed by atoms with Crippen molar-refractivity contribution in [2.75, 3.05) is 25.1 Å². The summed E-state index contributed by atoms with van der Waals surface area (Å²) in [5.41, 5.74) is 7.46. The van der Waals surface area contributed by atoms with Crippen molar-refractivity contribution >= 4 is 17.7 Å². The maximum Gasteiger partial charge on any atom is 0.239 e. The smallest absolute Gasteiger partial charge is 0.239 e. The van der Waals surface area contributed by atoms with E-state index in [1.54, 1.807) is 11.8 Å². The van der Waals surface area contributed by atoms with E-state index in [1.807, 2.05) is 17.2 Å². The van der Waals surface area contributed by atoms with Gasteiger partial charge in [-0.15, -0.1) is 0 Å². The number of hydrogen-bond acceptors (Lipinski definition) is 3. The third-order valence-corrected chi connectivity index (χ3v) is 5.05. The fourth-order valence-corrected chi connectivity index (χ4v) is 3.64. The highest BCUT2D eigenvalue weighted by Gasteiger charge is 2.42. The maximum absolute atomic E-state index is 12.5. The molecule has 2 N–H and O–H groups in total. The second kappa shape index (κ2) is 6.84. The van der Waals surface area contributed by atoms with Gasteiger partial charge in [0.15, 0.2) is 0 Å². The van der Waals surface area contributed by atoms with E-state index in [0.717, 1.165) is 25.3 Å². The number of rotatable bonds is 5. The molecule has 2 atom stereocenters. The molecule has 0 aromatic heterocycles.